The number of esters is 1. The van der Waals surface area contributed by atoms with Gasteiger partial charge in [0.1, 0.15) is 6.29 Å². The van der Waals surface area contributed by atoms with Gasteiger partial charge in [0.05, 0.1) is 11.6 Å². The summed E-state index contributed by atoms with van der Waals surface area (Å²) >= 11 is 0. The van der Waals surface area contributed by atoms with Crippen molar-refractivity contribution >= 4 is 18.3 Å². The zero-order valence-electron chi connectivity index (χ0n) is 9.74. The lowest BCUT2D eigenvalue weighted by atomic mass is 10.2. The first-order valence-corrected chi connectivity index (χ1v) is 5.75. The van der Waals surface area contributed by atoms with Crippen molar-refractivity contribution in [3.05, 3.63) is 35.9 Å². The summed E-state index contributed by atoms with van der Waals surface area (Å²) in [6.45, 7) is 0.449. The predicted molar refractivity (Wildman–Crippen MR) is 63.0 cm³/mol. The molecule has 1 amide bonds. The molecule has 1 unspecified atom stereocenters. The highest BCUT2D eigenvalue weighted by atomic mass is 16.6. The quantitative estimate of drug-likeness (QED) is 0.452. The standard InChI is InChI=1S/C13H13NO4/c15-9-11-7-4-8-14(11)13(17)18-12(16)10-5-2-1-3-6-10/h1-3,5-6,9,11H,4,7-8H2. The topological polar surface area (TPSA) is 63.7 Å². The maximum Gasteiger partial charge on any atom is 0.418 e. The lowest BCUT2D eigenvalue weighted by molar-refractivity contribution is -0.111. The molecule has 1 aromatic carbocycles. The van der Waals surface area contributed by atoms with Crippen LogP contribution in [0.4, 0.5) is 4.79 Å². The zero-order chi connectivity index (χ0) is 13.0. The number of carbonyl (C=O) groups is 3. The van der Waals surface area contributed by atoms with Gasteiger partial charge < -0.3 is 9.53 Å². The second-order valence-electron chi connectivity index (χ2n) is 4.06. The van der Waals surface area contributed by atoms with Gasteiger partial charge in [0.15, 0.2) is 0 Å². The van der Waals surface area contributed by atoms with Crippen molar-refractivity contribution in [3.8, 4) is 0 Å². The smallest absolute Gasteiger partial charge is 0.372 e. The molecule has 18 heavy (non-hydrogen) atoms. The summed E-state index contributed by atoms with van der Waals surface area (Å²) in [5.41, 5.74) is 0.313. The summed E-state index contributed by atoms with van der Waals surface area (Å²) in [5.74, 6) is -0.697. The number of benzene rings is 1. The predicted octanol–water partition coefficient (Wildman–Crippen LogP) is 1.63. The van der Waals surface area contributed by atoms with E-state index in [1.165, 1.54) is 4.90 Å². The summed E-state index contributed by atoms with van der Waals surface area (Å²) in [6.07, 6.45) is 1.33. The Bertz CT molecular complexity index is 457. The number of amides is 1. The van der Waals surface area contributed by atoms with Crippen LogP contribution >= 0.6 is 0 Å². The first-order valence-electron chi connectivity index (χ1n) is 5.75. The molecule has 1 aliphatic heterocycles. The maximum absolute atomic E-state index is 11.7. The summed E-state index contributed by atoms with van der Waals surface area (Å²) in [6, 6.07) is 7.80. The van der Waals surface area contributed by atoms with Gasteiger partial charge in [0, 0.05) is 6.54 Å². The van der Waals surface area contributed by atoms with E-state index in [4.69, 9.17) is 4.74 Å². The Morgan fingerprint density at radius 2 is 2.00 bits per heavy atom. The number of likely N-dealkylation sites (tertiary alicyclic amines) is 1. The van der Waals surface area contributed by atoms with Gasteiger partial charge in [0.25, 0.3) is 0 Å². The van der Waals surface area contributed by atoms with E-state index < -0.39 is 18.1 Å². The molecular formula is C13H13NO4. The summed E-state index contributed by atoms with van der Waals surface area (Å²) in [5, 5.41) is 0. The fourth-order valence-electron chi connectivity index (χ4n) is 1.93. The van der Waals surface area contributed by atoms with Crippen molar-refractivity contribution in [3.63, 3.8) is 0 Å². The fraction of sp³-hybridized carbons (Fsp3) is 0.308. The van der Waals surface area contributed by atoms with Crippen LogP contribution in [0, 0.1) is 0 Å². The van der Waals surface area contributed by atoms with Crippen LogP contribution < -0.4 is 0 Å². The largest absolute Gasteiger partial charge is 0.418 e. The maximum atomic E-state index is 11.7. The highest BCUT2D eigenvalue weighted by Crippen LogP contribution is 2.17. The van der Waals surface area contributed by atoms with E-state index >= 15 is 0 Å². The van der Waals surface area contributed by atoms with Crippen LogP contribution in [-0.2, 0) is 9.53 Å². The minimum atomic E-state index is -0.751. The molecule has 1 aromatic rings. The molecule has 1 aliphatic rings. The van der Waals surface area contributed by atoms with Gasteiger partial charge in [-0.3, -0.25) is 4.90 Å². The second-order valence-corrected chi connectivity index (χ2v) is 4.06. The highest BCUT2D eigenvalue weighted by molar-refractivity contribution is 5.96. The van der Waals surface area contributed by atoms with Gasteiger partial charge >= 0.3 is 12.1 Å². The van der Waals surface area contributed by atoms with Crippen molar-refractivity contribution in [1.29, 1.82) is 0 Å². The Morgan fingerprint density at radius 3 is 2.67 bits per heavy atom. The molecule has 0 radical (unpaired) electrons. The minimum Gasteiger partial charge on any atom is -0.372 e. The molecule has 2 rings (SSSR count). The average Bonchev–Trinajstić information content (AvgIpc) is 2.88. The monoisotopic (exact) mass is 247 g/mol. The first kappa shape index (κ1) is 12.3. The Labute approximate surface area is 104 Å². The molecule has 1 atom stereocenters. The van der Waals surface area contributed by atoms with Crippen molar-refractivity contribution in [1.82, 2.24) is 4.90 Å². The van der Waals surface area contributed by atoms with Gasteiger partial charge in [-0.2, -0.15) is 0 Å². The molecule has 5 nitrogen and oxygen atoms in total. The third-order valence-electron chi connectivity index (χ3n) is 2.88. The molecule has 0 aliphatic carbocycles. The number of carbonyl (C=O) groups excluding carboxylic acids is 3. The summed E-state index contributed by atoms with van der Waals surface area (Å²) in [4.78, 5) is 35.4. The molecule has 0 bridgehead atoms. The van der Waals surface area contributed by atoms with Crippen LogP contribution in [0.15, 0.2) is 30.3 Å². The number of hydrogen-bond donors (Lipinski definition) is 0. The van der Waals surface area contributed by atoms with Crippen molar-refractivity contribution in [2.24, 2.45) is 0 Å². The molecule has 1 fully saturated rings. The molecule has 0 aromatic heterocycles. The molecule has 94 valence electrons. The van der Waals surface area contributed by atoms with Crippen LogP contribution in [0.5, 0.6) is 0 Å². The lowest BCUT2D eigenvalue weighted by Gasteiger charge is -2.18. The van der Waals surface area contributed by atoms with Gasteiger partial charge in [-0.15, -0.1) is 0 Å². The molecule has 1 saturated heterocycles. The van der Waals surface area contributed by atoms with Crippen LogP contribution in [0.2, 0.25) is 0 Å². The van der Waals surface area contributed by atoms with E-state index in [0.29, 0.717) is 24.8 Å². The zero-order valence-corrected chi connectivity index (χ0v) is 9.74. The number of hydrogen-bond acceptors (Lipinski definition) is 4. The van der Waals surface area contributed by atoms with Crippen LogP contribution in [-0.4, -0.2) is 35.8 Å². The second kappa shape index (κ2) is 5.44. The number of rotatable bonds is 2. The molecule has 1 heterocycles. The number of nitrogens with zero attached hydrogens (tertiary/aromatic N) is 1. The van der Waals surface area contributed by atoms with Gasteiger partial charge in [0.2, 0.25) is 0 Å². The van der Waals surface area contributed by atoms with Gasteiger partial charge in [-0.25, -0.2) is 9.59 Å². The van der Waals surface area contributed by atoms with Gasteiger partial charge in [-0.1, -0.05) is 18.2 Å². The summed E-state index contributed by atoms with van der Waals surface area (Å²) < 4.78 is 4.74. The van der Waals surface area contributed by atoms with E-state index in [1.807, 2.05) is 0 Å². The van der Waals surface area contributed by atoms with Crippen molar-refractivity contribution < 1.29 is 19.1 Å². The highest BCUT2D eigenvalue weighted by Gasteiger charge is 2.30. The van der Waals surface area contributed by atoms with Crippen LogP contribution in [0.3, 0.4) is 0 Å². The Hall–Kier alpha value is -2.17. The normalized spacial score (nSPS) is 18.4. The van der Waals surface area contributed by atoms with Crippen molar-refractivity contribution in [2.75, 3.05) is 6.54 Å². The van der Waals surface area contributed by atoms with E-state index in [9.17, 15) is 14.4 Å². The van der Waals surface area contributed by atoms with Crippen LogP contribution in [0.1, 0.15) is 23.2 Å². The average molecular weight is 247 g/mol. The number of aldehydes is 1. The first-order chi connectivity index (χ1) is 8.72. The van der Waals surface area contributed by atoms with E-state index in [0.717, 1.165) is 6.42 Å². The number of ether oxygens (including phenoxy) is 1. The Kier molecular flexibility index (Phi) is 3.72. The third kappa shape index (κ3) is 2.56. The van der Waals surface area contributed by atoms with Crippen molar-refractivity contribution in [2.45, 2.75) is 18.9 Å². The fourth-order valence-corrected chi connectivity index (χ4v) is 1.93. The Balaban J connectivity index is 1.99. The molecule has 0 spiro atoms. The Morgan fingerprint density at radius 1 is 1.28 bits per heavy atom. The molecule has 0 saturated carbocycles. The molecule has 0 N–H and O–H groups in total. The third-order valence-corrected chi connectivity index (χ3v) is 2.88. The summed E-state index contributed by atoms with van der Waals surface area (Å²) in [7, 11) is 0. The van der Waals surface area contributed by atoms with E-state index in [-0.39, 0.29) is 0 Å². The lowest BCUT2D eigenvalue weighted by Crippen LogP contribution is -2.37. The van der Waals surface area contributed by atoms with Crippen LogP contribution in [0.25, 0.3) is 0 Å². The molecular weight excluding hydrogens is 234 g/mol. The molecule has 5 heteroatoms. The minimum absolute atomic E-state index is 0.313. The van der Waals surface area contributed by atoms with Gasteiger partial charge in [-0.05, 0) is 25.0 Å². The van der Waals surface area contributed by atoms with E-state index in [1.54, 1.807) is 30.3 Å². The van der Waals surface area contributed by atoms with E-state index in [2.05, 4.69) is 0 Å². The SMILES string of the molecule is O=CC1CCCN1C(=O)OC(=O)c1ccccc1.